The third kappa shape index (κ3) is 6.64. The third-order valence-corrected chi connectivity index (χ3v) is 2.45. The molecule has 0 radical (unpaired) electrons. The van der Waals surface area contributed by atoms with Crippen LogP contribution in [0, 0.1) is 5.82 Å². The molecule has 0 spiro atoms. The summed E-state index contributed by atoms with van der Waals surface area (Å²) in [6, 6.07) is 6.49. The van der Waals surface area contributed by atoms with E-state index in [1.165, 1.54) is 12.1 Å². The highest BCUT2D eigenvalue weighted by atomic mass is 19.1. The molecule has 106 valence electrons. The second kappa shape index (κ2) is 9.19. The molecule has 0 fully saturated rings. The van der Waals surface area contributed by atoms with Crippen LogP contribution in [0.4, 0.5) is 10.1 Å². The summed E-state index contributed by atoms with van der Waals surface area (Å²) in [6.45, 7) is 7.30. The van der Waals surface area contributed by atoms with Gasteiger partial charge in [-0.1, -0.05) is 6.07 Å². The first-order chi connectivity index (χ1) is 9.26. The number of aliphatic imine (C=N–C) groups is 1. The van der Waals surface area contributed by atoms with Crippen LogP contribution in [0.5, 0.6) is 0 Å². The SMILES string of the molecule is CCNC(=NCCCNc1cccc(F)c1)NCC. The molecule has 3 N–H and O–H groups in total. The van der Waals surface area contributed by atoms with Gasteiger partial charge in [0.15, 0.2) is 5.96 Å². The van der Waals surface area contributed by atoms with E-state index in [-0.39, 0.29) is 5.82 Å². The van der Waals surface area contributed by atoms with Crippen LogP contribution in [0.3, 0.4) is 0 Å². The molecule has 0 amide bonds. The van der Waals surface area contributed by atoms with Crippen molar-refractivity contribution >= 4 is 11.6 Å². The van der Waals surface area contributed by atoms with E-state index in [2.05, 4.69) is 20.9 Å². The third-order valence-electron chi connectivity index (χ3n) is 2.45. The van der Waals surface area contributed by atoms with Crippen LogP contribution < -0.4 is 16.0 Å². The van der Waals surface area contributed by atoms with E-state index in [4.69, 9.17) is 0 Å². The zero-order valence-electron chi connectivity index (χ0n) is 11.7. The minimum absolute atomic E-state index is 0.218. The van der Waals surface area contributed by atoms with Crippen LogP contribution in [0.15, 0.2) is 29.3 Å². The van der Waals surface area contributed by atoms with E-state index in [1.807, 2.05) is 19.9 Å². The first kappa shape index (κ1) is 15.3. The van der Waals surface area contributed by atoms with Gasteiger partial charge >= 0.3 is 0 Å². The fourth-order valence-electron chi connectivity index (χ4n) is 1.61. The maximum atomic E-state index is 12.9. The van der Waals surface area contributed by atoms with Crippen molar-refractivity contribution in [3.05, 3.63) is 30.1 Å². The van der Waals surface area contributed by atoms with E-state index in [0.29, 0.717) is 0 Å². The summed E-state index contributed by atoms with van der Waals surface area (Å²) < 4.78 is 12.9. The molecule has 0 bridgehead atoms. The fourth-order valence-corrected chi connectivity index (χ4v) is 1.61. The molecule has 0 aliphatic rings. The van der Waals surface area contributed by atoms with E-state index < -0.39 is 0 Å². The van der Waals surface area contributed by atoms with Gasteiger partial charge in [0, 0.05) is 31.9 Å². The molecule has 1 rings (SSSR count). The molecular formula is C14H23FN4. The number of nitrogens with one attached hydrogen (secondary N) is 3. The zero-order chi connectivity index (χ0) is 13.9. The zero-order valence-corrected chi connectivity index (χ0v) is 11.7. The maximum Gasteiger partial charge on any atom is 0.191 e. The van der Waals surface area contributed by atoms with Crippen LogP contribution in [-0.2, 0) is 0 Å². The summed E-state index contributed by atoms with van der Waals surface area (Å²) in [7, 11) is 0. The Morgan fingerprint density at radius 2 is 1.95 bits per heavy atom. The summed E-state index contributed by atoms with van der Waals surface area (Å²) in [4.78, 5) is 4.43. The molecular weight excluding hydrogens is 243 g/mol. The largest absolute Gasteiger partial charge is 0.385 e. The summed E-state index contributed by atoms with van der Waals surface area (Å²) in [5.41, 5.74) is 0.808. The highest BCUT2D eigenvalue weighted by Gasteiger charge is 1.95. The number of anilines is 1. The molecule has 0 atom stereocenters. The van der Waals surface area contributed by atoms with Gasteiger partial charge < -0.3 is 16.0 Å². The molecule has 0 saturated heterocycles. The molecule has 1 aromatic carbocycles. The van der Waals surface area contributed by atoms with Crippen LogP contribution >= 0.6 is 0 Å². The lowest BCUT2D eigenvalue weighted by atomic mass is 10.3. The normalized spacial score (nSPS) is 9.84. The van der Waals surface area contributed by atoms with Gasteiger partial charge in [0.25, 0.3) is 0 Å². The van der Waals surface area contributed by atoms with Crippen LogP contribution in [0.25, 0.3) is 0 Å². The monoisotopic (exact) mass is 266 g/mol. The lowest BCUT2D eigenvalue weighted by Gasteiger charge is -2.09. The molecule has 0 saturated carbocycles. The average molecular weight is 266 g/mol. The van der Waals surface area contributed by atoms with Gasteiger partial charge in [-0.05, 0) is 38.5 Å². The molecule has 5 heteroatoms. The smallest absolute Gasteiger partial charge is 0.191 e. The van der Waals surface area contributed by atoms with Gasteiger partial charge in [-0.25, -0.2) is 4.39 Å². The Balaban J connectivity index is 2.24. The van der Waals surface area contributed by atoms with Crippen LogP contribution in [0.2, 0.25) is 0 Å². The van der Waals surface area contributed by atoms with Gasteiger partial charge in [0.05, 0.1) is 0 Å². The number of rotatable bonds is 7. The average Bonchev–Trinajstić information content (AvgIpc) is 2.39. The van der Waals surface area contributed by atoms with Crippen LogP contribution in [-0.4, -0.2) is 32.1 Å². The molecule has 0 unspecified atom stereocenters. The number of benzene rings is 1. The number of halogens is 1. The second-order valence-corrected chi connectivity index (χ2v) is 4.08. The Morgan fingerprint density at radius 3 is 2.58 bits per heavy atom. The lowest BCUT2D eigenvalue weighted by molar-refractivity contribution is 0.628. The van der Waals surface area contributed by atoms with Crippen molar-refractivity contribution in [2.24, 2.45) is 4.99 Å². The molecule has 0 aliphatic heterocycles. The van der Waals surface area contributed by atoms with Crippen molar-refractivity contribution in [1.29, 1.82) is 0 Å². The minimum Gasteiger partial charge on any atom is -0.385 e. The predicted octanol–water partition coefficient (Wildman–Crippen LogP) is 2.20. The van der Waals surface area contributed by atoms with Gasteiger partial charge in [0.2, 0.25) is 0 Å². The Labute approximate surface area is 114 Å². The topological polar surface area (TPSA) is 48.5 Å². The van der Waals surface area contributed by atoms with Crippen molar-refractivity contribution in [3.8, 4) is 0 Å². The van der Waals surface area contributed by atoms with Gasteiger partial charge in [-0.2, -0.15) is 0 Å². The Kier molecular flexibility index (Phi) is 7.39. The number of nitrogens with zero attached hydrogens (tertiary/aromatic N) is 1. The second-order valence-electron chi connectivity index (χ2n) is 4.08. The molecule has 0 heterocycles. The molecule has 19 heavy (non-hydrogen) atoms. The molecule has 1 aromatic rings. The summed E-state index contributed by atoms with van der Waals surface area (Å²) in [6.07, 6.45) is 0.900. The van der Waals surface area contributed by atoms with Crippen molar-refractivity contribution in [2.75, 3.05) is 31.5 Å². The summed E-state index contributed by atoms with van der Waals surface area (Å²) in [5, 5.41) is 9.51. The first-order valence-electron chi connectivity index (χ1n) is 6.78. The highest BCUT2D eigenvalue weighted by Crippen LogP contribution is 2.08. The summed E-state index contributed by atoms with van der Waals surface area (Å²) >= 11 is 0. The van der Waals surface area contributed by atoms with Crippen molar-refractivity contribution < 1.29 is 4.39 Å². The van der Waals surface area contributed by atoms with E-state index in [1.54, 1.807) is 6.07 Å². The number of hydrogen-bond donors (Lipinski definition) is 3. The quantitative estimate of drug-likeness (QED) is 0.403. The Hall–Kier alpha value is -1.78. The van der Waals surface area contributed by atoms with Crippen molar-refractivity contribution in [2.45, 2.75) is 20.3 Å². The maximum absolute atomic E-state index is 12.9. The lowest BCUT2D eigenvalue weighted by Crippen LogP contribution is -2.37. The molecule has 0 aromatic heterocycles. The number of guanidine groups is 1. The van der Waals surface area contributed by atoms with Gasteiger partial charge in [-0.15, -0.1) is 0 Å². The Morgan fingerprint density at radius 1 is 1.21 bits per heavy atom. The molecule has 4 nitrogen and oxygen atoms in total. The standard InChI is InChI=1S/C14H23FN4/c1-3-16-14(17-4-2)19-10-6-9-18-13-8-5-7-12(15)11-13/h5,7-8,11,18H,3-4,6,9-10H2,1-2H3,(H2,16,17,19). The van der Waals surface area contributed by atoms with Crippen molar-refractivity contribution in [1.82, 2.24) is 10.6 Å². The fraction of sp³-hybridized carbons (Fsp3) is 0.500. The first-order valence-corrected chi connectivity index (χ1v) is 6.78. The predicted molar refractivity (Wildman–Crippen MR) is 79.2 cm³/mol. The summed E-state index contributed by atoms with van der Waals surface area (Å²) in [5.74, 6) is 0.625. The Bertz CT molecular complexity index is 385. The number of hydrogen-bond acceptors (Lipinski definition) is 2. The van der Waals surface area contributed by atoms with E-state index in [0.717, 1.165) is 44.2 Å². The highest BCUT2D eigenvalue weighted by molar-refractivity contribution is 5.79. The van der Waals surface area contributed by atoms with E-state index in [9.17, 15) is 4.39 Å². The molecule has 0 aliphatic carbocycles. The van der Waals surface area contributed by atoms with Crippen LogP contribution in [0.1, 0.15) is 20.3 Å². The minimum atomic E-state index is -0.218. The van der Waals surface area contributed by atoms with E-state index >= 15 is 0 Å². The van der Waals surface area contributed by atoms with Gasteiger partial charge in [0.1, 0.15) is 5.82 Å². The van der Waals surface area contributed by atoms with Gasteiger partial charge in [-0.3, -0.25) is 4.99 Å². The van der Waals surface area contributed by atoms with Crippen molar-refractivity contribution in [3.63, 3.8) is 0 Å².